The van der Waals surface area contributed by atoms with Gasteiger partial charge in [0.25, 0.3) is 5.60 Å². The molecule has 3 N–H and O–H groups in total. The van der Waals surface area contributed by atoms with Crippen LogP contribution in [-0.2, 0) is 9.54 Å². The molecule has 0 saturated carbocycles. The monoisotopic (exact) mass is 328 g/mol. The van der Waals surface area contributed by atoms with E-state index in [1.54, 1.807) is 0 Å². The van der Waals surface area contributed by atoms with E-state index in [4.69, 9.17) is 5.11 Å². The Bertz CT molecular complexity index is 559. The van der Waals surface area contributed by atoms with Crippen molar-refractivity contribution in [1.29, 1.82) is 0 Å². The van der Waals surface area contributed by atoms with Gasteiger partial charge in [-0.15, -0.1) is 0 Å². The number of carboxylic acids is 1. The minimum absolute atomic E-state index is 0.366. The number of thiol groups is 1. The van der Waals surface area contributed by atoms with Crippen LogP contribution in [0.2, 0.25) is 0 Å². The van der Waals surface area contributed by atoms with E-state index in [0.29, 0.717) is 0 Å². The minimum Gasteiger partial charge on any atom is -0.508 e. The summed E-state index contributed by atoms with van der Waals surface area (Å²) in [5, 5.41) is 27.7. The smallest absolute Gasteiger partial charge is 0.428 e. The maximum Gasteiger partial charge on any atom is 0.428 e. The molecule has 0 amide bonds. The highest BCUT2D eigenvalue weighted by Crippen LogP contribution is 2.45. The number of rotatable bonds is 4. The number of aliphatic carboxylic acids is 1. The van der Waals surface area contributed by atoms with Gasteiger partial charge in [0.2, 0.25) is 0 Å². The molecule has 0 fully saturated rings. The van der Waals surface area contributed by atoms with Gasteiger partial charge < -0.3 is 15.3 Å². The molecule has 1 rings (SSSR count). The first kappa shape index (κ1) is 17.6. The number of halogens is 4. The molecule has 0 aliphatic carbocycles. The summed E-state index contributed by atoms with van der Waals surface area (Å²) in [5.41, 5.74) is -4.45. The van der Waals surface area contributed by atoms with Crippen LogP contribution >= 0.6 is 12.6 Å². The van der Waals surface area contributed by atoms with Crippen LogP contribution < -0.4 is 0 Å². The zero-order valence-corrected chi connectivity index (χ0v) is 11.5. The van der Waals surface area contributed by atoms with Crippen molar-refractivity contribution < 1.29 is 37.7 Å². The molecule has 0 aliphatic heterocycles. The normalized spacial score (nSPS) is 17.9. The predicted molar refractivity (Wildman–Crippen MR) is 67.7 cm³/mol. The largest absolute Gasteiger partial charge is 0.508 e. The Morgan fingerprint density at radius 3 is 2.29 bits per heavy atom. The summed E-state index contributed by atoms with van der Waals surface area (Å²) in [6, 6.07) is 2.49. The molecule has 21 heavy (non-hydrogen) atoms. The number of benzene rings is 1. The van der Waals surface area contributed by atoms with Crippen LogP contribution in [0.3, 0.4) is 0 Å². The van der Waals surface area contributed by atoms with Gasteiger partial charge in [-0.2, -0.15) is 25.8 Å². The molecular weight excluding hydrogens is 316 g/mol. The van der Waals surface area contributed by atoms with Gasteiger partial charge in [-0.1, -0.05) is 0 Å². The molecule has 4 nitrogen and oxygen atoms in total. The van der Waals surface area contributed by atoms with Gasteiger partial charge in [0.15, 0.2) is 0 Å². The molecule has 0 radical (unpaired) electrons. The van der Waals surface area contributed by atoms with E-state index in [1.807, 2.05) is 0 Å². The molecule has 1 aromatic rings. The van der Waals surface area contributed by atoms with Crippen LogP contribution in [-0.4, -0.2) is 33.1 Å². The van der Waals surface area contributed by atoms with E-state index in [9.17, 15) is 32.6 Å². The fourth-order valence-electron chi connectivity index (χ4n) is 1.83. The van der Waals surface area contributed by atoms with E-state index in [-0.39, 0.29) is 5.56 Å². The van der Waals surface area contributed by atoms with E-state index in [2.05, 4.69) is 12.6 Å². The molecule has 0 saturated heterocycles. The van der Waals surface area contributed by atoms with Crippen molar-refractivity contribution in [2.24, 2.45) is 0 Å². The Balaban J connectivity index is 3.31. The maximum absolute atomic E-state index is 13.2. The highest BCUT2D eigenvalue weighted by molar-refractivity contribution is 7.81. The van der Waals surface area contributed by atoms with Crippen molar-refractivity contribution in [1.82, 2.24) is 0 Å². The van der Waals surface area contributed by atoms with Crippen LogP contribution in [0, 0.1) is 5.82 Å². The van der Waals surface area contributed by atoms with Crippen LogP contribution in [0.15, 0.2) is 18.2 Å². The van der Waals surface area contributed by atoms with Crippen LogP contribution in [0.25, 0.3) is 0 Å². The number of carbonyl (C=O) groups is 1. The lowest BCUT2D eigenvalue weighted by atomic mass is 9.85. The standard InChI is InChI=1S/C12H12F4O4S/c1-10(21,7-4-6(13)2-3-8(7)17)5-11(20,9(18)19)12(14,15)16/h2-4,17,20-21H,5H2,1H3,(H,18,19). The Hall–Kier alpha value is -1.48. The fraction of sp³-hybridized carbons (Fsp3) is 0.417. The lowest BCUT2D eigenvalue weighted by molar-refractivity contribution is -0.263. The first-order chi connectivity index (χ1) is 9.31. The van der Waals surface area contributed by atoms with Crippen molar-refractivity contribution in [2.45, 2.75) is 29.9 Å². The number of aliphatic hydroxyl groups is 1. The van der Waals surface area contributed by atoms with Crippen molar-refractivity contribution in [2.75, 3.05) is 0 Å². The third kappa shape index (κ3) is 3.41. The van der Waals surface area contributed by atoms with Gasteiger partial charge in [0, 0.05) is 16.7 Å². The molecule has 9 heteroatoms. The van der Waals surface area contributed by atoms with Gasteiger partial charge in [-0.3, -0.25) is 0 Å². The molecule has 1 aromatic carbocycles. The first-order valence-corrected chi connectivity index (χ1v) is 6.00. The van der Waals surface area contributed by atoms with Crippen molar-refractivity contribution in [3.63, 3.8) is 0 Å². The number of alkyl halides is 3. The number of hydrogen-bond donors (Lipinski definition) is 4. The lowest BCUT2D eigenvalue weighted by Gasteiger charge is -2.34. The molecule has 0 aromatic heterocycles. The molecule has 2 unspecified atom stereocenters. The van der Waals surface area contributed by atoms with Crippen molar-refractivity contribution in [3.8, 4) is 5.75 Å². The van der Waals surface area contributed by atoms with E-state index >= 15 is 0 Å². The van der Waals surface area contributed by atoms with Crippen molar-refractivity contribution >= 4 is 18.6 Å². The third-order valence-electron chi connectivity index (χ3n) is 2.96. The number of aromatic hydroxyl groups is 1. The predicted octanol–water partition coefficient (Wildman–Crippen LogP) is 2.44. The fourth-order valence-corrected chi connectivity index (χ4v) is 2.24. The topological polar surface area (TPSA) is 77.8 Å². The maximum atomic E-state index is 13.2. The summed E-state index contributed by atoms with van der Waals surface area (Å²) >= 11 is 3.86. The second-order valence-electron chi connectivity index (χ2n) is 4.78. The molecule has 118 valence electrons. The zero-order chi connectivity index (χ0) is 16.6. The minimum atomic E-state index is -5.47. The SMILES string of the molecule is CC(S)(CC(O)(C(=O)O)C(F)(F)F)c1cc(F)ccc1O. The highest BCUT2D eigenvalue weighted by Gasteiger charge is 2.62. The second kappa shape index (κ2) is 5.38. The van der Waals surface area contributed by atoms with Gasteiger partial charge >= 0.3 is 12.1 Å². The highest BCUT2D eigenvalue weighted by atomic mass is 32.1. The zero-order valence-electron chi connectivity index (χ0n) is 10.6. The molecule has 0 spiro atoms. The molecule has 0 bridgehead atoms. The van der Waals surface area contributed by atoms with Crippen LogP contribution in [0.4, 0.5) is 17.6 Å². The number of phenols is 1. The number of hydrogen-bond acceptors (Lipinski definition) is 4. The van der Waals surface area contributed by atoms with Gasteiger partial charge in [0.1, 0.15) is 11.6 Å². The summed E-state index contributed by atoms with van der Waals surface area (Å²) < 4.78 is 49.5. The first-order valence-electron chi connectivity index (χ1n) is 5.55. The quantitative estimate of drug-likeness (QED) is 0.506. The molecule has 2 atom stereocenters. The van der Waals surface area contributed by atoms with Gasteiger partial charge in [0.05, 0.1) is 0 Å². The van der Waals surface area contributed by atoms with Crippen molar-refractivity contribution in [3.05, 3.63) is 29.6 Å². The average Bonchev–Trinajstić information content (AvgIpc) is 2.29. The lowest BCUT2D eigenvalue weighted by Crippen LogP contribution is -2.54. The molecule has 0 aliphatic rings. The van der Waals surface area contributed by atoms with Crippen LogP contribution in [0.1, 0.15) is 18.9 Å². The average molecular weight is 328 g/mol. The Labute approximate surface area is 122 Å². The number of carboxylic acid groups (broad SMARTS) is 1. The number of phenolic OH excluding ortho intramolecular Hbond substituents is 1. The summed E-state index contributed by atoms with van der Waals surface area (Å²) in [5.74, 6) is -3.93. The summed E-state index contributed by atoms with van der Waals surface area (Å²) in [6.45, 7) is 1.03. The van der Waals surface area contributed by atoms with E-state index in [0.717, 1.165) is 25.1 Å². The Morgan fingerprint density at radius 2 is 1.86 bits per heavy atom. The van der Waals surface area contributed by atoms with E-state index < -0.39 is 40.5 Å². The summed E-state index contributed by atoms with van der Waals surface area (Å²) in [7, 11) is 0. The Kier molecular flexibility index (Phi) is 4.50. The molecule has 0 heterocycles. The molecular formula is C12H12F4O4S. The summed E-state index contributed by atoms with van der Waals surface area (Å²) in [4.78, 5) is 10.8. The Morgan fingerprint density at radius 1 is 1.33 bits per heavy atom. The second-order valence-corrected chi connectivity index (χ2v) is 5.76. The third-order valence-corrected chi connectivity index (χ3v) is 3.36. The van der Waals surface area contributed by atoms with Gasteiger partial charge in [-0.25, -0.2) is 9.18 Å². The van der Waals surface area contributed by atoms with Gasteiger partial charge in [-0.05, 0) is 25.1 Å². The summed E-state index contributed by atoms with van der Waals surface area (Å²) in [6.07, 6.45) is -6.88. The van der Waals surface area contributed by atoms with E-state index in [1.165, 1.54) is 0 Å². The van der Waals surface area contributed by atoms with Crippen LogP contribution in [0.5, 0.6) is 5.75 Å².